The molecule has 0 bridgehead atoms. The number of fused-ring (bicyclic) bond motifs is 1. The van der Waals surface area contributed by atoms with Crippen LogP contribution in [0.1, 0.15) is 0 Å². The van der Waals surface area contributed by atoms with Gasteiger partial charge in [0.15, 0.2) is 0 Å². The second kappa shape index (κ2) is 2.92. The zero-order valence-corrected chi connectivity index (χ0v) is 8.08. The van der Waals surface area contributed by atoms with Crippen LogP contribution in [0.25, 0.3) is 21.5 Å². The molecule has 0 aromatic carbocycles. The van der Waals surface area contributed by atoms with E-state index in [1.165, 1.54) is 10.4 Å². The van der Waals surface area contributed by atoms with E-state index in [0.717, 1.165) is 11.0 Å². The first kappa shape index (κ1) is 7.70. The minimum absolute atomic E-state index is 0.892. The fourth-order valence-electron chi connectivity index (χ4n) is 1.50. The molecule has 0 amide bonds. The first-order chi connectivity index (χ1) is 6.95. The van der Waals surface area contributed by atoms with Crippen LogP contribution in [-0.4, -0.2) is 15.0 Å². The topological polar surface area (TPSA) is 41.6 Å². The summed E-state index contributed by atoms with van der Waals surface area (Å²) in [6.07, 6.45) is 5.37. The Bertz CT molecular complexity index is 554. The molecular weight excluding hydrogens is 194 g/mol. The van der Waals surface area contributed by atoms with Gasteiger partial charge in [-0.25, -0.2) is 9.97 Å². The summed E-state index contributed by atoms with van der Waals surface area (Å²) in [5.74, 6) is 0. The van der Waals surface area contributed by atoms with Crippen molar-refractivity contribution >= 4 is 22.4 Å². The Labute approximate surface area is 84.5 Å². The molecule has 0 aliphatic carbocycles. The number of rotatable bonds is 1. The Morgan fingerprint density at radius 3 is 3.21 bits per heavy atom. The second-order valence-corrected chi connectivity index (χ2v) is 3.91. The summed E-state index contributed by atoms with van der Waals surface area (Å²) in [4.78, 5) is 12.6. The monoisotopic (exact) mass is 201 g/mol. The van der Waals surface area contributed by atoms with E-state index in [1.807, 2.05) is 18.5 Å². The van der Waals surface area contributed by atoms with Crippen molar-refractivity contribution in [2.45, 2.75) is 0 Å². The lowest BCUT2D eigenvalue weighted by Crippen LogP contribution is -1.77. The van der Waals surface area contributed by atoms with Crippen molar-refractivity contribution in [1.82, 2.24) is 15.0 Å². The van der Waals surface area contributed by atoms with Crippen molar-refractivity contribution in [3.8, 4) is 10.4 Å². The molecule has 14 heavy (non-hydrogen) atoms. The molecule has 0 saturated carbocycles. The SMILES string of the molecule is c1csc(-c2c[nH]c3ncncc23)c1. The Balaban J connectivity index is 2.33. The van der Waals surface area contributed by atoms with E-state index in [0.29, 0.717) is 0 Å². The van der Waals surface area contributed by atoms with E-state index in [1.54, 1.807) is 17.7 Å². The van der Waals surface area contributed by atoms with Crippen LogP contribution >= 0.6 is 11.3 Å². The average Bonchev–Trinajstić information content (AvgIpc) is 2.85. The molecule has 0 spiro atoms. The van der Waals surface area contributed by atoms with Crippen molar-refractivity contribution in [3.05, 3.63) is 36.2 Å². The van der Waals surface area contributed by atoms with Crippen LogP contribution in [0, 0.1) is 0 Å². The van der Waals surface area contributed by atoms with Crippen LogP contribution in [0.2, 0.25) is 0 Å². The van der Waals surface area contributed by atoms with Gasteiger partial charge in [0.25, 0.3) is 0 Å². The van der Waals surface area contributed by atoms with Crippen molar-refractivity contribution in [2.75, 3.05) is 0 Å². The Kier molecular flexibility index (Phi) is 1.61. The molecular formula is C10H7N3S. The van der Waals surface area contributed by atoms with Gasteiger partial charge in [0, 0.05) is 28.2 Å². The highest BCUT2D eigenvalue weighted by Gasteiger charge is 2.06. The molecule has 0 unspecified atom stereocenters. The number of H-pyrrole nitrogens is 1. The van der Waals surface area contributed by atoms with Gasteiger partial charge in [-0.3, -0.25) is 0 Å². The Hall–Kier alpha value is -1.68. The fraction of sp³-hybridized carbons (Fsp3) is 0. The lowest BCUT2D eigenvalue weighted by Gasteiger charge is -1.91. The summed E-state index contributed by atoms with van der Waals surface area (Å²) < 4.78 is 0. The van der Waals surface area contributed by atoms with Gasteiger partial charge in [0.1, 0.15) is 12.0 Å². The minimum atomic E-state index is 0.892. The van der Waals surface area contributed by atoms with Gasteiger partial charge in [-0.15, -0.1) is 11.3 Å². The maximum absolute atomic E-state index is 4.15. The first-order valence-corrected chi connectivity index (χ1v) is 5.14. The molecule has 1 N–H and O–H groups in total. The highest BCUT2D eigenvalue weighted by molar-refractivity contribution is 7.13. The second-order valence-electron chi connectivity index (χ2n) is 2.96. The zero-order chi connectivity index (χ0) is 9.38. The molecule has 3 nitrogen and oxygen atoms in total. The molecule has 3 rings (SSSR count). The normalized spacial score (nSPS) is 10.9. The van der Waals surface area contributed by atoms with E-state index in [4.69, 9.17) is 0 Å². The zero-order valence-electron chi connectivity index (χ0n) is 7.27. The summed E-state index contributed by atoms with van der Waals surface area (Å²) in [5.41, 5.74) is 2.07. The van der Waals surface area contributed by atoms with Crippen LogP contribution in [-0.2, 0) is 0 Å². The van der Waals surface area contributed by atoms with Crippen molar-refractivity contribution < 1.29 is 0 Å². The molecule has 3 heterocycles. The molecule has 68 valence electrons. The lowest BCUT2D eigenvalue weighted by molar-refractivity contribution is 1.20. The number of aromatic nitrogens is 3. The standard InChI is InChI=1S/C10H7N3S/c1-2-9(14-3-1)7-5-12-10-8(7)4-11-6-13-10/h1-6H,(H,11,12,13). The van der Waals surface area contributed by atoms with Gasteiger partial charge in [-0.1, -0.05) is 6.07 Å². The smallest absolute Gasteiger partial charge is 0.141 e. The van der Waals surface area contributed by atoms with E-state index >= 15 is 0 Å². The molecule has 4 heteroatoms. The molecule has 0 fully saturated rings. The highest BCUT2D eigenvalue weighted by atomic mass is 32.1. The van der Waals surface area contributed by atoms with Gasteiger partial charge in [-0.2, -0.15) is 0 Å². The van der Waals surface area contributed by atoms with Crippen LogP contribution in [0.15, 0.2) is 36.2 Å². The number of hydrogen-bond acceptors (Lipinski definition) is 3. The molecule has 0 atom stereocenters. The quantitative estimate of drug-likeness (QED) is 0.657. The van der Waals surface area contributed by atoms with Gasteiger partial charge in [-0.05, 0) is 11.4 Å². The van der Waals surface area contributed by atoms with Crippen LogP contribution in [0.5, 0.6) is 0 Å². The number of thiophene rings is 1. The maximum atomic E-state index is 4.15. The van der Waals surface area contributed by atoms with Gasteiger partial charge >= 0.3 is 0 Å². The summed E-state index contributed by atoms with van der Waals surface area (Å²) in [7, 11) is 0. The third-order valence-corrected chi connectivity index (χ3v) is 3.05. The molecule has 0 aliphatic heterocycles. The van der Waals surface area contributed by atoms with Gasteiger partial charge < -0.3 is 4.98 Å². The van der Waals surface area contributed by atoms with E-state index in [9.17, 15) is 0 Å². The molecule has 0 radical (unpaired) electrons. The number of aromatic amines is 1. The van der Waals surface area contributed by atoms with E-state index in [2.05, 4.69) is 26.4 Å². The third-order valence-electron chi connectivity index (χ3n) is 2.14. The molecule has 0 aliphatic rings. The molecule has 3 aromatic heterocycles. The third kappa shape index (κ3) is 1.04. The summed E-state index contributed by atoms with van der Waals surface area (Å²) in [5, 5.41) is 3.15. The average molecular weight is 201 g/mol. The summed E-state index contributed by atoms with van der Waals surface area (Å²) in [6, 6.07) is 4.14. The number of hydrogen-bond donors (Lipinski definition) is 1. The fourth-order valence-corrected chi connectivity index (χ4v) is 2.25. The van der Waals surface area contributed by atoms with Crippen molar-refractivity contribution in [3.63, 3.8) is 0 Å². The van der Waals surface area contributed by atoms with Crippen molar-refractivity contribution in [2.24, 2.45) is 0 Å². The van der Waals surface area contributed by atoms with Crippen LogP contribution in [0.3, 0.4) is 0 Å². The molecule has 0 saturated heterocycles. The Morgan fingerprint density at radius 2 is 2.36 bits per heavy atom. The summed E-state index contributed by atoms with van der Waals surface area (Å²) >= 11 is 1.72. The van der Waals surface area contributed by atoms with Crippen molar-refractivity contribution in [1.29, 1.82) is 0 Å². The maximum Gasteiger partial charge on any atom is 0.141 e. The predicted molar refractivity (Wildman–Crippen MR) is 57.2 cm³/mol. The van der Waals surface area contributed by atoms with E-state index < -0.39 is 0 Å². The Morgan fingerprint density at radius 1 is 1.36 bits per heavy atom. The largest absolute Gasteiger partial charge is 0.345 e. The molecule has 3 aromatic rings. The number of nitrogens with one attached hydrogen (secondary N) is 1. The van der Waals surface area contributed by atoms with Gasteiger partial charge in [0.05, 0.1) is 0 Å². The number of nitrogens with zero attached hydrogens (tertiary/aromatic N) is 2. The first-order valence-electron chi connectivity index (χ1n) is 4.26. The van der Waals surface area contributed by atoms with Crippen LogP contribution < -0.4 is 0 Å². The predicted octanol–water partition coefficient (Wildman–Crippen LogP) is 2.69. The lowest BCUT2D eigenvalue weighted by atomic mass is 10.2. The summed E-state index contributed by atoms with van der Waals surface area (Å²) in [6.45, 7) is 0. The minimum Gasteiger partial charge on any atom is -0.345 e. The van der Waals surface area contributed by atoms with Crippen LogP contribution in [0.4, 0.5) is 0 Å². The van der Waals surface area contributed by atoms with E-state index in [-0.39, 0.29) is 0 Å². The van der Waals surface area contributed by atoms with Gasteiger partial charge in [0.2, 0.25) is 0 Å². The highest BCUT2D eigenvalue weighted by Crippen LogP contribution is 2.30.